The third kappa shape index (κ3) is 3.58. The van der Waals surface area contributed by atoms with Crippen molar-refractivity contribution < 1.29 is 5.11 Å². The van der Waals surface area contributed by atoms with E-state index in [1.54, 1.807) is 0 Å². The van der Waals surface area contributed by atoms with Crippen molar-refractivity contribution in [2.24, 2.45) is 0 Å². The Morgan fingerprint density at radius 1 is 1.07 bits per heavy atom. The normalized spacial score (nSPS) is 10.6. The molecule has 0 aromatic heterocycles. The fraction of sp³-hybridized carbons (Fsp3) is 0.571. The highest BCUT2D eigenvalue weighted by Gasteiger charge is 2.03. The van der Waals surface area contributed by atoms with E-state index in [0.29, 0.717) is 5.75 Å². The van der Waals surface area contributed by atoms with Gasteiger partial charge in [0.2, 0.25) is 0 Å². The maximum Gasteiger partial charge on any atom is 0.116 e. The van der Waals surface area contributed by atoms with Gasteiger partial charge >= 0.3 is 0 Å². The topological polar surface area (TPSA) is 20.2 Å². The van der Waals surface area contributed by atoms with Gasteiger partial charge in [-0.25, -0.2) is 0 Å². The van der Waals surface area contributed by atoms with Crippen molar-refractivity contribution in [1.82, 2.24) is 0 Å². The van der Waals surface area contributed by atoms with Crippen molar-refractivity contribution in [3.05, 3.63) is 28.8 Å². The monoisotopic (exact) mass is 206 g/mol. The van der Waals surface area contributed by atoms with Crippen molar-refractivity contribution in [2.45, 2.75) is 52.9 Å². The molecule has 0 aliphatic heterocycles. The standard InChI is InChI=1S/C14H22O/c1-4-5-6-7-8-13-10-14(15)9-11(2)12(13)3/h9-10,15H,4-8H2,1-3H3. The van der Waals surface area contributed by atoms with Gasteiger partial charge in [0, 0.05) is 0 Å². The van der Waals surface area contributed by atoms with Gasteiger partial charge in [0.1, 0.15) is 5.75 Å². The van der Waals surface area contributed by atoms with Crippen LogP contribution >= 0.6 is 0 Å². The van der Waals surface area contributed by atoms with E-state index >= 15 is 0 Å². The van der Waals surface area contributed by atoms with Gasteiger partial charge in [-0.3, -0.25) is 0 Å². The molecule has 1 rings (SSSR count). The van der Waals surface area contributed by atoms with Gasteiger partial charge in [-0.05, 0) is 55.5 Å². The van der Waals surface area contributed by atoms with Gasteiger partial charge in [-0.1, -0.05) is 26.2 Å². The third-order valence-electron chi connectivity index (χ3n) is 3.06. The first-order chi connectivity index (χ1) is 7.15. The quantitative estimate of drug-likeness (QED) is 0.718. The van der Waals surface area contributed by atoms with Crippen molar-refractivity contribution in [1.29, 1.82) is 0 Å². The van der Waals surface area contributed by atoms with Crippen LogP contribution in [0.1, 0.15) is 49.3 Å². The van der Waals surface area contributed by atoms with Crippen LogP contribution in [0.25, 0.3) is 0 Å². The lowest BCUT2D eigenvalue weighted by Crippen LogP contribution is -1.93. The Balaban J connectivity index is 2.60. The molecule has 0 spiro atoms. The number of hydrogen-bond acceptors (Lipinski definition) is 1. The molecule has 0 amide bonds. The molecule has 0 saturated carbocycles. The summed E-state index contributed by atoms with van der Waals surface area (Å²) in [6.45, 7) is 6.43. The van der Waals surface area contributed by atoms with Crippen molar-refractivity contribution >= 4 is 0 Å². The van der Waals surface area contributed by atoms with Gasteiger partial charge in [-0.2, -0.15) is 0 Å². The number of unbranched alkanes of at least 4 members (excludes halogenated alkanes) is 3. The summed E-state index contributed by atoms with van der Waals surface area (Å²) < 4.78 is 0. The Morgan fingerprint density at radius 3 is 2.47 bits per heavy atom. The van der Waals surface area contributed by atoms with E-state index in [1.165, 1.54) is 42.4 Å². The molecule has 84 valence electrons. The molecule has 0 atom stereocenters. The number of aromatic hydroxyl groups is 1. The van der Waals surface area contributed by atoms with Crippen LogP contribution in [-0.4, -0.2) is 5.11 Å². The summed E-state index contributed by atoms with van der Waals surface area (Å²) in [6, 6.07) is 3.75. The zero-order valence-electron chi connectivity index (χ0n) is 10.1. The van der Waals surface area contributed by atoms with E-state index in [2.05, 4.69) is 20.8 Å². The molecule has 1 N–H and O–H groups in total. The van der Waals surface area contributed by atoms with Crippen LogP contribution in [0.15, 0.2) is 12.1 Å². The van der Waals surface area contributed by atoms with Crippen LogP contribution in [0.3, 0.4) is 0 Å². The summed E-state index contributed by atoms with van der Waals surface area (Å²) in [5.74, 6) is 0.406. The highest BCUT2D eigenvalue weighted by atomic mass is 16.3. The lowest BCUT2D eigenvalue weighted by atomic mass is 9.98. The molecular formula is C14H22O. The number of benzene rings is 1. The number of phenols is 1. The molecule has 1 nitrogen and oxygen atoms in total. The number of aryl methyl sites for hydroxylation is 2. The molecule has 1 heteroatoms. The van der Waals surface area contributed by atoms with E-state index in [0.717, 1.165) is 6.42 Å². The lowest BCUT2D eigenvalue weighted by molar-refractivity contribution is 0.473. The molecule has 1 aromatic carbocycles. The largest absolute Gasteiger partial charge is 0.508 e. The SMILES string of the molecule is CCCCCCc1cc(O)cc(C)c1C. The van der Waals surface area contributed by atoms with E-state index in [1.807, 2.05) is 12.1 Å². The second-order valence-corrected chi connectivity index (χ2v) is 4.36. The Morgan fingerprint density at radius 2 is 1.80 bits per heavy atom. The van der Waals surface area contributed by atoms with Crippen LogP contribution in [-0.2, 0) is 6.42 Å². The van der Waals surface area contributed by atoms with Gasteiger partial charge < -0.3 is 5.11 Å². The minimum Gasteiger partial charge on any atom is -0.508 e. The summed E-state index contributed by atoms with van der Waals surface area (Å²) in [6.07, 6.45) is 6.22. The maximum atomic E-state index is 9.52. The minimum atomic E-state index is 0.406. The predicted molar refractivity (Wildman–Crippen MR) is 65.4 cm³/mol. The van der Waals surface area contributed by atoms with Crippen molar-refractivity contribution in [3.8, 4) is 5.75 Å². The molecule has 0 aliphatic rings. The van der Waals surface area contributed by atoms with Gasteiger partial charge in [-0.15, -0.1) is 0 Å². The molecule has 0 saturated heterocycles. The lowest BCUT2D eigenvalue weighted by Gasteiger charge is -2.09. The van der Waals surface area contributed by atoms with Gasteiger partial charge in [0.25, 0.3) is 0 Å². The number of rotatable bonds is 5. The molecule has 15 heavy (non-hydrogen) atoms. The average molecular weight is 206 g/mol. The van der Waals surface area contributed by atoms with E-state index in [-0.39, 0.29) is 0 Å². The van der Waals surface area contributed by atoms with Gasteiger partial charge in [0.15, 0.2) is 0 Å². The second kappa shape index (κ2) is 5.79. The maximum absolute atomic E-state index is 9.52. The summed E-state index contributed by atoms with van der Waals surface area (Å²) in [5, 5.41) is 9.52. The molecular weight excluding hydrogens is 184 g/mol. The van der Waals surface area contributed by atoms with Crippen LogP contribution in [0.4, 0.5) is 0 Å². The summed E-state index contributed by atoms with van der Waals surface area (Å²) in [4.78, 5) is 0. The highest BCUT2D eigenvalue weighted by molar-refractivity contribution is 5.40. The third-order valence-corrected chi connectivity index (χ3v) is 3.06. The molecule has 0 heterocycles. The highest BCUT2D eigenvalue weighted by Crippen LogP contribution is 2.22. The average Bonchev–Trinajstić information content (AvgIpc) is 2.19. The number of hydrogen-bond donors (Lipinski definition) is 1. The number of phenolic OH excluding ortho intramolecular Hbond substituents is 1. The molecule has 0 unspecified atom stereocenters. The van der Waals surface area contributed by atoms with Crippen LogP contribution in [0.2, 0.25) is 0 Å². The summed E-state index contributed by atoms with van der Waals surface area (Å²) in [7, 11) is 0. The molecule has 0 fully saturated rings. The first kappa shape index (κ1) is 12.1. The van der Waals surface area contributed by atoms with E-state index in [9.17, 15) is 5.11 Å². The predicted octanol–water partition coefficient (Wildman–Crippen LogP) is 4.13. The fourth-order valence-electron chi connectivity index (χ4n) is 1.91. The smallest absolute Gasteiger partial charge is 0.116 e. The Kier molecular flexibility index (Phi) is 4.67. The Hall–Kier alpha value is -0.980. The Labute approximate surface area is 93.1 Å². The zero-order valence-corrected chi connectivity index (χ0v) is 10.1. The van der Waals surface area contributed by atoms with Crippen LogP contribution < -0.4 is 0 Å². The van der Waals surface area contributed by atoms with E-state index in [4.69, 9.17) is 0 Å². The molecule has 0 bridgehead atoms. The first-order valence-corrected chi connectivity index (χ1v) is 5.94. The minimum absolute atomic E-state index is 0.406. The van der Waals surface area contributed by atoms with Crippen LogP contribution in [0, 0.1) is 13.8 Å². The van der Waals surface area contributed by atoms with E-state index < -0.39 is 0 Å². The first-order valence-electron chi connectivity index (χ1n) is 5.94. The van der Waals surface area contributed by atoms with Crippen molar-refractivity contribution in [2.75, 3.05) is 0 Å². The summed E-state index contributed by atoms with van der Waals surface area (Å²) >= 11 is 0. The summed E-state index contributed by atoms with van der Waals surface area (Å²) in [5.41, 5.74) is 3.84. The Bertz CT molecular complexity index is 315. The molecule has 1 aromatic rings. The van der Waals surface area contributed by atoms with Gasteiger partial charge in [0.05, 0.1) is 0 Å². The van der Waals surface area contributed by atoms with Crippen molar-refractivity contribution in [3.63, 3.8) is 0 Å². The molecule has 0 radical (unpaired) electrons. The van der Waals surface area contributed by atoms with Crippen LogP contribution in [0.5, 0.6) is 5.75 Å². The molecule has 0 aliphatic carbocycles. The zero-order chi connectivity index (χ0) is 11.3. The fourth-order valence-corrected chi connectivity index (χ4v) is 1.91. The second-order valence-electron chi connectivity index (χ2n) is 4.36.